The highest BCUT2D eigenvalue weighted by molar-refractivity contribution is 5.73. The lowest BCUT2D eigenvalue weighted by Crippen LogP contribution is -2.23. The van der Waals surface area contributed by atoms with E-state index in [1.165, 1.54) is 0 Å². The van der Waals surface area contributed by atoms with Crippen LogP contribution in [0.15, 0.2) is 42.7 Å². The Hall–Kier alpha value is -1.77. The highest BCUT2D eigenvalue weighted by atomic mass is 16.5. The van der Waals surface area contributed by atoms with Gasteiger partial charge >= 0.3 is 5.97 Å². The monoisotopic (exact) mass is 260 g/mol. The van der Waals surface area contributed by atoms with Crippen LogP contribution in [0.2, 0.25) is 0 Å². The topological polar surface area (TPSA) is 35.5 Å². The highest BCUT2D eigenvalue weighted by Gasteiger charge is 2.25. The minimum atomic E-state index is -0.150. The van der Waals surface area contributed by atoms with Crippen LogP contribution in [0.25, 0.3) is 0 Å². The van der Waals surface area contributed by atoms with Crippen LogP contribution in [-0.4, -0.2) is 18.7 Å². The number of esters is 1. The zero-order valence-corrected chi connectivity index (χ0v) is 11.3. The molecule has 3 heteroatoms. The van der Waals surface area contributed by atoms with Gasteiger partial charge in [-0.05, 0) is 25.3 Å². The standard InChI is InChI=1S/C16H20O3/c1-12-8-9-18-16(17)15(10-13(2)19-12)11-14-6-4-3-5-7-14/h3-7,13,15H,1,8-11H2,2H3/t13-,15-/m0/s1. The molecule has 0 spiro atoms. The summed E-state index contributed by atoms with van der Waals surface area (Å²) in [7, 11) is 0. The number of cyclic esters (lactones) is 1. The lowest BCUT2D eigenvalue weighted by molar-refractivity contribution is -0.148. The smallest absolute Gasteiger partial charge is 0.309 e. The van der Waals surface area contributed by atoms with Crippen LogP contribution in [0.1, 0.15) is 25.3 Å². The van der Waals surface area contributed by atoms with Gasteiger partial charge in [-0.2, -0.15) is 0 Å². The van der Waals surface area contributed by atoms with Gasteiger partial charge in [-0.1, -0.05) is 36.9 Å². The molecule has 19 heavy (non-hydrogen) atoms. The Bertz CT molecular complexity index is 439. The van der Waals surface area contributed by atoms with Crippen molar-refractivity contribution in [3.63, 3.8) is 0 Å². The number of hydrogen-bond acceptors (Lipinski definition) is 3. The fourth-order valence-electron chi connectivity index (χ4n) is 2.34. The van der Waals surface area contributed by atoms with E-state index in [1.807, 2.05) is 37.3 Å². The molecule has 0 aliphatic carbocycles. The van der Waals surface area contributed by atoms with Crippen LogP contribution < -0.4 is 0 Å². The molecule has 1 aromatic carbocycles. The third kappa shape index (κ3) is 4.12. The predicted octanol–water partition coefficient (Wildman–Crippen LogP) is 3.10. The molecule has 1 aliphatic rings. The molecule has 0 unspecified atom stereocenters. The van der Waals surface area contributed by atoms with Crippen molar-refractivity contribution in [1.82, 2.24) is 0 Å². The van der Waals surface area contributed by atoms with E-state index in [0.717, 1.165) is 5.56 Å². The summed E-state index contributed by atoms with van der Waals surface area (Å²) in [5, 5.41) is 0. The van der Waals surface area contributed by atoms with E-state index in [-0.39, 0.29) is 18.0 Å². The van der Waals surface area contributed by atoms with Gasteiger partial charge in [0, 0.05) is 6.42 Å². The van der Waals surface area contributed by atoms with Crippen LogP contribution in [0.5, 0.6) is 0 Å². The molecule has 1 saturated heterocycles. The number of rotatable bonds is 2. The van der Waals surface area contributed by atoms with E-state index in [1.54, 1.807) is 0 Å². The molecule has 1 fully saturated rings. The first-order chi connectivity index (χ1) is 9.15. The van der Waals surface area contributed by atoms with Crippen molar-refractivity contribution in [3.8, 4) is 0 Å². The summed E-state index contributed by atoms with van der Waals surface area (Å²) < 4.78 is 10.9. The number of hydrogen-bond donors (Lipinski definition) is 0. The van der Waals surface area contributed by atoms with Crippen molar-refractivity contribution < 1.29 is 14.3 Å². The maximum absolute atomic E-state index is 12.1. The lowest BCUT2D eigenvalue weighted by atomic mass is 9.94. The Balaban J connectivity index is 2.07. The maximum Gasteiger partial charge on any atom is 0.309 e. The second-order valence-electron chi connectivity index (χ2n) is 5.01. The Kier molecular flexibility index (Phi) is 4.61. The van der Waals surface area contributed by atoms with E-state index in [0.29, 0.717) is 31.6 Å². The Labute approximate surface area is 114 Å². The van der Waals surface area contributed by atoms with Gasteiger partial charge in [-0.3, -0.25) is 4.79 Å². The Morgan fingerprint density at radius 1 is 1.32 bits per heavy atom. The SMILES string of the molecule is C=C1CCOC(=O)[C@H](Cc2ccccc2)C[C@H](C)O1. The second kappa shape index (κ2) is 6.41. The van der Waals surface area contributed by atoms with Gasteiger partial charge in [0.1, 0.15) is 0 Å². The first-order valence-corrected chi connectivity index (χ1v) is 6.70. The van der Waals surface area contributed by atoms with E-state index in [2.05, 4.69) is 6.58 Å². The largest absolute Gasteiger partial charge is 0.496 e. The first kappa shape index (κ1) is 13.7. The molecule has 3 nitrogen and oxygen atoms in total. The molecular weight excluding hydrogens is 240 g/mol. The van der Waals surface area contributed by atoms with Crippen molar-refractivity contribution in [2.45, 2.75) is 32.3 Å². The fraction of sp³-hybridized carbons (Fsp3) is 0.438. The molecule has 1 heterocycles. The van der Waals surface area contributed by atoms with Gasteiger partial charge in [0.2, 0.25) is 0 Å². The second-order valence-corrected chi connectivity index (χ2v) is 5.01. The van der Waals surface area contributed by atoms with E-state index in [9.17, 15) is 4.79 Å². The predicted molar refractivity (Wildman–Crippen MR) is 73.5 cm³/mol. The highest BCUT2D eigenvalue weighted by Crippen LogP contribution is 2.21. The fourth-order valence-corrected chi connectivity index (χ4v) is 2.34. The number of carbonyl (C=O) groups is 1. The van der Waals surface area contributed by atoms with Crippen molar-refractivity contribution in [3.05, 3.63) is 48.2 Å². The van der Waals surface area contributed by atoms with Gasteiger partial charge in [-0.15, -0.1) is 0 Å². The van der Waals surface area contributed by atoms with Crippen LogP contribution >= 0.6 is 0 Å². The average molecular weight is 260 g/mol. The minimum absolute atomic E-state index is 0.00753. The van der Waals surface area contributed by atoms with Crippen LogP contribution in [0, 0.1) is 5.92 Å². The minimum Gasteiger partial charge on any atom is -0.496 e. The van der Waals surface area contributed by atoms with E-state index < -0.39 is 0 Å². The lowest BCUT2D eigenvalue weighted by Gasteiger charge is -2.19. The van der Waals surface area contributed by atoms with E-state index >= 15 is 0 Å². The van der Waals surface area contributed by atoms with Crippen LogP contribution in [0.3, 0.4) is 0 Å². The van der Waals surface area contributed by atoms with Crippen molar-refractivity contribution in [2.75, 3.05) is 6.61 Å². The molecule has 0 aromatic heterocycles. The summed E-state index contributed by atoms with van der Waals surface area (Å²) in [5.41, 5.74) is 1.15. The van der Waals surface area contributed by atoms with Crippen LogP contribution in [-0.2, 0) is 20.7 Å². The summed E-state index contributed by atoms with van der Waals surface area (Å²) in [6, 6.07) is 10.0. The summed E-state index contributed by atoms with van der Waals surface area (Å²) in [6.07, 6.45) is 1.92. The zero-order chi connectivity index (χ0) is 13.7. The first-order valence-electron chi connectivity index (χ1n) is 6.70. The third-order valence-electron chi connectivity index (χ3n) is 3.27. The van der Waals surface area contributed by atoms with E-state index in [4.69, 9.17) is 9.47 Å². The molecule has 0 bridgehead atoms. The number of benzene rings is 1. The van der Waals surface area contributed by atoms with Gasteiger partial charge < -0.3 is 9.47 Å². The Morgan fingerprint density at radius 2 is 2.05 bits per heavy atom. The number of ether oxygens (including phenoxy) is 2. The summed E-state index contributed by atoms with van der Waals surface area (Å²) in [5.74, 6) is 0.415. The zero-order valence-electron chi connectivity index (χ0n) is 11.3. The van der Waals surface area contributed by atoms with Crippen molar-refractivity contribution in [2.24, 2.45) is 5.92 Å². The summed E-state index contributed by atoms with van der Waals surface area (Å²) >= 11 is 0. The summed E-state index contributed by atoms with van der Waals surface area (Å²) in [4.78, 5) is 12.1. The summed E-state index contributed by atoms with van der Waals surface area (Å²) in [6.45, 7) is 6.16. The van der Waals surface area contributed by atoms with Gasteiger partial charge in [0.05, 0.1) is 24.4 Å². The molecule has 2 rings (SSSR count). The molecule has 0 N–H and O–H groups in total. The van der Waals surface area contributed by atoms with Gasteiger partial charge in [-0.25, -0.2) is 0 Å². The molecule has 2 atom stereocenters. The molecule has 1 aromatic rings. The molecule has 0 radical (unpaired) electrons. The molecular formula is C16H20O3. The maximum atomic E-state index is 12.1. The van der Waals surface area contributed by atoms with Crippen molar-refractivity contribution >= 4 is 5.97 Å². The average Bonchev–Trinajstić information content (AvgIpc) is 2.43. The Morgan fingerprint density at radius 3 is 2.79 bits per heavy atom. The quantitative estimate of drug-likeness (QED) is 0.766. The van der Waals surface area contributed by atoms with Gasteiger partial charge in [0.25, 0.3) is 0 Å². The molecule has 0 saturated carbocycles. The molecule has 102 valence electrons. The number of carbonyl (C=O) groups excluding carboxylic acids is 1. The van der Waals surface area contributed by atoms with Crippen LogP contribution in [0.4, 0.5) is 0 Å². The molecule has 0 amide bonds. The van der Waals surface area contributed by atoms with Crippen molar-refractivity contribution in [1.29, 1.82) is 0 Å². The normalized spacial score (nSPS) is 24.7. The third-order valence-corrected chi connectivity index (χ3v) is 3.27. The van der Waals surface area contributed by atoms with Gasteiger partial charge in [0.15, 0.2) is 0 Å². The molecule has 1 aliphatic heterocycles.